The molecular weight excluding hydrogens is 402 g/mol. The number of hydrogen-bond donors (Lipinski definition) is 3. The Morgan fingerprint density at radius 1 is 1.03 bits per heavy atom. The van der Waals surface area contributed by atoms with Crippen molar-refractivity contribution in [2.24, 2.45) is 5.73 Å². The number of amides is 1. The Labute approximate surface area is 188 Å². The lowest BCUT2D eigenvalue weighted by Crippen LogP contribution is -2.24. The summed E-state index contributed by atoms with van der Waals surface area (Å²) in [5.74, 6) is -0.258. The van der Waals surface area contributed by atoms with Gasteiger partial charge in [0.1, 0.15) is 0 Å². The molecule has 4 N–H and O–H groups in total. The molecule has 6 heteroatoms. The first kappa shape index (κ1) is 22.1. The fourth-order valence-electron chi connectivity index (χ4n) is 5.16. The number of nitrogens with one attached hydrogen (secondary N) is 1. The molecule has 0 unspecified atom stereocenters. The molecular formula is C26H31N3O3. The summed E-state index contributed by atoms with van der Waals surface area (Å²) in [5, 5.41) is 11.7. The van der Waals surface area contributed by atoms with Gasteiger partial charge in [-0.05, 0) is 49.4 Å². The second-order valence-corrected chi connectivity index (χ2v) is 8.53. The molecule has 1 aromatic heterocycles. The van der Waals surface area contributed by atoms with Crippen molar-refractivity contribution in [1.29, 1.82) is 0 Å². The van der Waals surface area contributed by atoms with Gasteiger partial charge in [0, 0.05) is 41.9 Å². The first-order chi connectivity index (χ1) is 15.6. The van der Waals surface area contributed by atoms with Crippen LogP contribution in [0, 0.1) is 0 Å². The highest BCUT2D eigenvalue weighted by molar-refractivity contribution is 6.06. The van der Waals surface area contributed by atoms with E-state index in [0.717, 1.165) is 66.2 Å². The summed E-state index contributed by atoms with van der Waals surface area (Å²) >= 11 is 0. The molecule has 0 bridgehead atoms. The zero-order chi connectivity index (χ0) is 22.7. The minimum absolute atomic E-state index is 0.160. The van der Waals surface area contributed by atoms with Crippen molar-refractivity contribution in [2.45, 2.75) is 57.4 Å². The maximum Gasteiger partial charge on any atom is 0.250 e. The molecule has 1 aliphatic heterocycles. The van der Waals surface area contributed by atoms with Gasteiger partial charge in [-0.1, -0.05) is 43.5 Å². The number of fused-ring (bicyclic) bond motifs is 3. The zero-order valence-corrected chi connectivity index (χ0v) is 18.6. The average Bonchev–Trinajstić information content (AvgIpc) is 3.16. The van der Waals surface area contributed by atoms with Gasteiger partial charge < -0.3 is 16.2 Å². The van der Waals surface area contributed by atoms with Crippen LogP contribution >= 0.6 is 0 Å². The molecule has 168 valence electrons. The van der Waals surface area contributed by atoms with Crippen LogP contribution in [0.25, 0.3) is 22.0 Å². The van der Waals surface area contributed by atoms with Gasteiger partial charge in [-0.3, -0.25) is 14.2 Å². The van der Waals surface area contributed by atoms with Gasteiger partial charge in [-0.25, -0.2) is 0 Å². The highest BCUT2D eigenvalue weighted by Gasteiger charge is 2.26. The molecule has 2 aliphatic rings. The normalized spacial score (nSPS) is 16.2. The van der Waals surface area contributed by atoms with E-state index in [-0.39, 0.29) is 5.91 Å². The number of hydrogen-bond acceptors (Lipinski definition) is 4. The number of nitrogens with two attached hydrogens (primary N) is 1. The highest BCUT2D eigenvalue weighted by Crippen LogP contribution is 2.39. The quantitative estimate of drug-likeness (QED) is 0.554. The number of carbonyl (C=O) groups is 2. The van der Waals surface area contributed by atoms with Crippen LogP contribution in [0.3, 0.4) is 0 Å². The second-order valence-electron chi connectivity index (χ2n) is 8.53. The van der Waals surface area contributed by atoms with E-state index >= 15 is 0 Å². The molecule has 6 nitrogen and oxygen atoms in total. The first-order valence-corrected chi connectivity index (χ1v) is 11.4. The standard InChI is InChI=1S/C25H27N3O2.CH4O/c26-25(30)18-14-13-16(15-20(18)27-17-7-2-1-3-8-17)24-19-9-4-5-10-21(19)28-22(24)11-6-12-23(28)29;1-2/h4-5,9-10,13-15,17,27H,1-3,6-8,11-12H2,(H2,26,30);2H,1H3. The van der Waals surface area contributed by atoms with Crippen LogP contribution in [-0.2, 0) is 6.42 Å². The number of aliphatic hydroxyl groups excluding tert-OH is 1. The molecule has 1 fully saturated rings. The van der Waals surface area contributed by atoms with Crippen molar-refractivity contribution in [3.8, 4) is 11.1 Å². The second kappa shape index (κ2) is 9.57. The molecule has 0 spiro atoms. The summed E-state index contributed by atoms with van der Waals surface area (Å²) in [4.78, 5) is 24.8. The summed E-state index contributed by atoms with van der Waals surface area (Å²) < 4.78 is 1.89. The summed E-state index contributed by atoms with van der Waals surface area (Å²) in [6.45, 7) is 0. The topological polar surface area (TPSA) is 97.3 Å². The number of aliphatic hydroxyl groups is 1. The number of carbonyl (C=O) groups excluding carboxylic acids is 2. The van der Waals surface area contributed by atoms with Gasteiger partial charge in [0.2, 0.25) is 5.91 Å². The molecule has 3 aromatic rings. The molecule has 1 saturated carbocycles. The Balaban J connectivity index is 0.00000119. The molecule has 0 atom stereocenters. The van der Waals surface area contributed by atoms with Crippen LogP contribution in [0.15, 0.2) is 42.5 Å². The maximum absolute atomic E-state index is 12.7. The third-order valence-electron chi connectivity index (χ3n) is 6.56. The largest absolute Gasteiger partial charge is 0.400 e. The van der Waals surface area contributed by atoms with Gasteiger partial charge in [-0.15, -0.1) is 0 Å². The van der Waals surface area contributed by atoms with Gasteiger partial charge in [-0.2, -0.15) is 0 Å². The van der Waals surface area contributed by atoms with E-state index < -0.39 is 5.91 Å². The number of primary amides is 1. The minimum Gasteiger partial charge on any atom is -0.400 e. The third-order valence-corrected chi connectivity index (χ3v) is 6.56. The summed E-state index contributed by atoms with van der Waals surface area (Å²) in [6.07, 6.45) is 8.25. The number of nitrogens with zero attached hydrogens (tertiary/aromatic N) is 1. The number of aromatic nitrogens is 1. The van der Waals surface area contributed by atoms with Crippen LogP contribution in [-0.4, -0.2) is 34.6 Å². The van der Waals surface area contributed by atoms with Crippen LogP contribution < -0.4 is 11.1 Å². The van der Waals surface area contributed by atoms with E-state index in [1.165, 1.54) is 19.3 Å². The predicted molar refractivity (Wildman–Crippen MR) is 128 cm³/mol. The molecule has 2 aromatic carbocycles. The Kier molecular flexibility index (Phi) is 6.61. The van der Waals surface area contributed by atoms with E-state index in [2.05, 4.69) is 17.4 Å². The van der Waals surface area contributed by atoms with Gasteiger partial charge in [0.15, 0.2) is 0 Å². The van der Waals surface area contributed by atoms with E-state index in [1.54, 1.807) is 0 Å². The summed E-state index contributed by atoms with van der Waals surface area (Å²) in [5.41, 5.74) is 11.2. The minimum atomic E-state index is -0.418. The highest BCUT2D eigenvalue weighted by atomic mass is 16.2. The molecule has 32 heavy (non-hydrogen) atoms. The van der Waals surface area contributed by atoms with E-state index in [4.69, 9.17) is 10.8 Å². The first-order valence-electron chi connectivity index (χ1n) is 11.4. The average molecular weight is 434 g/mol. The van der Waals surface area contributed by atoms with Gasteiger partial charge in [0.25, 0.3) is 5.91 Å². The Morgan fingerprint density at radius 3 is 2.53 bits per heavy atom. The van der Waals surface area contributed by atoms with Crippen molar-refractivity contribution in [1.82, 2.24) is 4.57 Å². The zero-order valence-electron chi connectivity index (χ0n) is 18.6. The SMILES string of the molecule is CO.NC(=O)c1ccc(-c2c3n(c4ccccc24)C(=O)CCC3)cc1NC1CCCCC1. The summed E-state index contributed by atoms with van der Waals surface area (Å²) in [7, 11) is 1.00. The lowest BCUT2D eigenvalue weighted by molar-refractivity contribution is 0.0889. The Hall–Kier alpha value is -3.12. The molecule has 0 saturated heterocycles. The number of para-hydroxylation sites is 1. The van der Waals surface area contributed by atoms with E-state index in [0.29, 0.717) is 18.0 Å². The molecule has 2 heterocycles. The smallest absolute Gasteiger partial charge is 0.250 e. The van der Waals surface area contributed by atoms with Crippen molar-refractivity contribution in [3.63, 3.8) is 0 Å². The van der Waals surface area contributed by atoms with E-state index in [9.17, 15) is 9.59 Å². The predicted octanol–water partition coefficient (Wildman–Crippen LogP) is 4.74. The van der Waals surface area contributed by atoms with Crippen molar-refractivity contribution in [3.05, 3.63) is 53.7 Å². The molecule has 5 rings (SSSR count). The maximum atomic E-state index is 12.7. The molecule has 0 radical (unpaired) electrons. The van der Waals surface area contributed by atoms with Crippen molar-refractivity contribution < 1.29 is 14.7 Å². The van der Waals surface area contributed by atoms with Crippen molar-refractivity contribution in [2.75, 3.05) is 12.4 Å². The fourth-order valence-corrected chi connectivity index (χ4v) is 5.16. The van der Waals surface area contributed by atoms with Crippen LogP contribution in [0.4, 0.5) is 5.69 Å². The summed E-state index contributed by atoms with van der Waals surface area (Å²) in [6, 6.07) is 14.3. The third kappa shape index (κ3) is 4.02. The van der Waals surface area contributed by atoms with Gasteiger partial charge >= 0.3 is 0 Å². The van der Waals surface area contributed by atoms with Crippen LogP contribution in [0.1, 0.15) is 65.8 Å². The van der Waals surface area contributed by atoms with Gasteiger partial charge in [0.05, 0.1) is 11.1 Å². The number of benzene rings is 2. The Bertz CT molecular complexity index is 1140. The Morgan fingerprint density at radius 2 is 1.78 bits per heavy atom. The lowest BCUT2D eigenvalue weighted by Gasteiger charge is -2.25. The van der Waals surface area contributed by atoms with Crippen molar-refractivity contribution >= 4 is 28.4 Å². The monoisotopic (exact) mass is 433 g/mol. The molecule has 1 amide bonds. The fraction of sp³-hybridized carbons (Fsp3) is 0.385. The van der Waals surface area contributed by atoms with Crippen LogP contribution in [0.2, 0.25) is 0 Å². The molecule has 1 aliphatic carbocycles. The lowest BCUT2D eigenvalue weighted by atomic mass is 9.93. The number of rotatable bonds is 4. The van der Waals surface area contributed by atoms with Crippen LogP contribution in [0.5, 0.6) is 0 Å². The number of anilines is 1. The van der Waals surface area contributed by atoms with E-state index in [1.807, 2.05) is 34.9 Å².